The Morgan fingerprint density at radius 2 is 2.18 bits per heavy atom. The lowest BCUT2D eigenvalue weighted by atomic mass is 9.95. The molecule has 1 atom stereocenters. The summed E-state index contributed by atoms with van der Waals surface area (Å²) in [4.78, 5) is 17.5. The molecule has 6 heteroatoms. The number of benzene rings is 1. The van der Waals surface area contributed by atoms with E-state index >= 15 is 0 Å². The summed E-state index contributed by atoms with van der Waals surface area (Å²) in [5.41, 5.74) is 6.28. The summed E-state index contributed by atoms with van der Waals surface area (Å²) in [5, 5.41) is 3.29. The Labute approximate surface area is 130 Å². The Hall–Kier alpha value is -2.11. The van der Waals surface area contributed by atoms with Gasteiger partial charge in [0.2, 0.25) is 5.91 Å². The third-order valence-electron chi connectivity index (χ3n) is 3.88. The molecule has 1 aliphatic heterocycles. The minimum Gasteiger partial charge on any atom is -0.370 e. The van der Waals surface area contributed by atoms with E-state index in [2.05, 4.69) is 15.2 Å². The molecule has 1 aromatic rings. The number of likely N-dealkylation sites (tertiary alicyclic amines) is 1. The standard InChI is InChI=1S/C16H23FN4O/c1-19-16(20-10-12-4-6-14(17)7-5-12)21-8-2-3-13(11-21)9-15(18)22/h4-7,13H,2-3,8-11H2,1H3,(H2,18,22)(H,19,20). The number of nitrogens with one attached hydrogen (secondary N) is 1. The fourth-order valence-electron chi connectivity index (χ4n) is 2.82. The van der Waals surface area contributed by atoms with E-state index in [4.69, 9.17) is 5.73 Å². The normalized spacial score (nSPS) is 19.1. The number of aliphatic imine (C=N–C) groups is 1. The van der Waals surface area contributed by atoms with E-state index in [0.717, 1.165) is 37.5 Å². The number of nitrogens with zero attached hydrogens (tertiary/aromatic N) is 2. The summed E-state index contributed by atoms with van der Waals surface area (Å²) >= 11 is 0. The average molecular weight is 306 g/mol. The number of rotatable bonds is 4. The highest BCUT2D eigenvalue weighted by Crippen LogP contribution is 2.19. The van der Waals surface area contributed by atoms with Gasteiger partial charge in [-0.2, -0.15) is 0 Å². The highest BCUT2D eigenvalue weighted by atomic mass is 19.1. The number of carbonyl (C=O) groups is 1. The zero-order valence-corrected chi connectivity index (χ0v) is 12.9. The van der Waals surface area contributed by atoms with Gasteiger partial charge in [-0.15, -0.1) is 0 Å². The lowest BCUT2D eigenvalue weighted by Gasteiger charge is -2.34. The van der Waals surface area contributed by atoms with Crippen LogP contribution in [0.3, 0.4) is 0 Å². The molecule has 0 bridgehead atoms. The fourth-order valence-corrected chi connectivity index (χ4v) is 2.82. The molecule has 1 fully saturated rings. The van der Waals surface area contributed by atoms with Crippen LogP contribution in [0.1, 0.15) is 24.8 Å². The number of hydrogen-bond acceptors (Lipinski definition) is 2. The van der Waals surface area contributed by atoms with Crippen molar-refractivity contribution in [3.8, 4) is 0 Å². The van der Waals surface area contributed by atoms with Crippen LogP contribution in [0.4, 0.5) is 4.39 Å². The number of primary amides is 1. The van der Waals surface area contributed by atoms with Gasteiger partial charge in [0.1, 0.15) is 5.82 Å². The van der Waals surface area contributed by atoms with Gasteiger partial charge < -0.3 is 16.0 Å². The molecule has 0 radical (unpaired) electrons. The van der Waals surface area contributed by atoms with Crippen LogP contribution < -0.4 is 11.1 Å². The van der Waals surface area contributed by atoms with Crippen molar-refractivity contribution in [1.82, 2.24) is 10.2 Å². The highest BCUT2D eigenvalue weighted by molar-refractivity contribution is 5.80. The van der Waals surface area contributed by atoms with E-state index in [9.17, 15) is 9.18 Å². The molecule has 0 aliphatic carbocycles. The quantitative estimate of drug-likeness (QED) is 0.654. The summed E-state index contributed by atoms with van der Waals surface area (Å²) in [6.45, 7) is 2.29. The molecule has 1 amide bonds. The minimum absolute atomic E-state index is 0.238. The SMILES string of the molecule is CN=C(NCc1ccc(F)cc1)N1CCCC(CC(N)=O)C1. The summed E-state index contributed by atoms with van der Waals surface area (Å²) < 4.78 is 12.9. The van der Waals surface area contributed by atoms with Crippen LogP contribution in [0.2, 0.25) is 0 Å². The molecular weight excluding hydrogens is 283 g/mol. The van der Waals surface area contributed by atoms with Crippen molar-refractivity contribution in [2.24, 2.45) is 16.6 Å². The van der Waals surface area contributed by atoms with Gasteiger partial charge in [0, 0.05) is 33.1 Å². The van der Waals surface area contributed by atoms with Crippen molar-refractivity contribution in [2.75, 3.05) is 20.1 Å². The number of halogens is 1. The number of hydrogen-bond donors (Lipinski definition) is 2. The van der Waals surface area contributed by atoms with E-state index in [0.29, 0.717) is 13.0 Å². The first-order valence-electron chi connectivity index (χ1n) is 7.57. The summed E-state index contributed by atoms with van der Waals surface area (Å²) in [6, 6.07) is 6.40. The highest BCUT2D eigenvalue weighted by Gasteiger charge is 2.23. The molecule has 1 unspecified atom stereocenters. The molecule has 1 aliphatic rings. The van der Waals surface area contributed by atoms with Gasteiger partial charge in [-0.25, -0.2) is 4.39 Å². The molecule has 1 heterocycles. The third-order valence-corrected chi connectivity index (χ3v) is 3.88. The molecule has 5 nitrogen and oxygen atoms in total. The number of nitrogens with two attached hydrogens (primary N) is 1. The van der Waals surface area contributed by atoms with E-state index in [-0.39, 0.29) is 17.6 Å². The van der Waals surface area contributed by atoms with Gasteiger partial charge >= 0.3 is 0 Å². The van der Waals surface area contributed by atoms with Crippen molar-refractivity contribution in [1.29, 1.82) is 0 Å². The third kappa shape index (κ3) is 4.72. The number of amides is 1. The van der Waals surface area contributed by atoms with Gasteiger partial charge in [-0.05, 0) is 36.5 Å². The molecule has 1 saturated heterocycles. The summed E-state index contributed by atoms with van der Waals surface area (Å²) in [6.07, 6.45) is 2.47. The van der Waals surface area contributed by atoms with Crippen molar-refractivity contribution in [3.05, 3.63) is 35.6 Å². The summed E-state index contributed by atoms with van der Waals surface area (Å²) in [7, 11) is 1.74. The van der Waals surface area contributed by atoms with Crippen molar-refractivity contribution in [2.45, 2.75) is 25.8 Å². The van der Waals surface area contributed by atoms with E-state index < -0.39 is 0 Å². The van der Waals surface area contributed by atoms with Gasteiger partial charge in [0.05, 0.1) is 0 Å². The monoisotopic (exact) mass is 306 g/mol. The van der Waals surface area contributed by atoms with Crippen LogP contribution in [0, 0.1) is 11.7 Å². The summed E-state index contributed by atoms with van der Waals surface area (Å²) in [5.74, 6) is 0.605. The lowest BCUT2D eigenvalue weighted by molar-refractivity contribution is -0.119. The molecule has 3 N–H and O–H groups in total. The van der Waals surface area contributed by atoms with Gasteiger partial charge in [-0.3, -0.25) is 9.79 Å². The molecule has 0 spiro atoms. The predicted molar refractivity (Wildman–Crippen MR) is 84.7 cm³/mol. The molecule has 120 valence electrons. The second-order valence-electron chi connectivity index (χ2n) is 5.65. The number of piperidine rings is 1. The van der Waals surface area contributed by atoms with Crippen molar-refractivity contribution >= 4 is 11.9 Å². The van der Waals surface area contributed by atoms with Crippen LogP contribution in [0.5, 0.6) is 0 Å². The zero-order valence-electron chi connectivity index (χ0n) is 12.9. The van der Waals surface area contributed by atoms with Crippen LogP contribution in [-0.4, -0.2) is 36.9 Å². The fraction of sp³-hybridized carbons (Fsp3) is 0.500. The van der Waals surface area contributed by atoms with Crippen LogP contribution in [-0.2, 0) is 11.3 Å². The molecular formula is C16H23FN4O. The van der Waals surface area contributed by atoms with E-state index in [1.807, 2.05) is 0 Å². The maximum Gasteiger partial charge on any atom is 0.217 e. The average Bonchev–Trinajstić information content (AvgIpc) is 2.49. The van der Waals surface area contributed by atoms with Gasteiger partial charge in [-0.1, -0.05) is 12.1 Å². The first-order chi connectivity index (χ1) is 10.6. The van der Waals surface area contributed by atoms with E-state index in [1.165, 1.54) is 12.1 Å². The molecule has 2 rings (SSSR count). The van der Waals surface area contributed by atoms with E-state index in [1.54, 1.807) is 19.2 Å². The van der Waals surface area contributed by atoms with Gasteiger partial charge in [0.15, 0.2) is 5.96 Å². The van der Waals surface area contributed by atoms with Crippen LogP contribution >= 0.6 is 0 Å². The lowest BCUT2D eigenvalue weighted by Crippen LogP contribution is -2.46. The molecule has 0 aromatic heterocycles. The van der Waals surface area contributed by atoms with Crippen LogP contribution in [0.25, 0.3) is 0 Å². The second kappa shape index (κ2) is 7.77. The minimum atomic E-state index is -0.249. The van der Waals surface area contributed by atoms with Crippen LogP contribution in [0.15, 0.2) is 29.3 Å². The molecule has 1 aromatic carbocycles. The Morgan fingerprint density at radius 3 is 2.82 bits per heavy atom. The molecule has 0 saturated carbocycles. The zero-order chi connectivity index (χ0) is 15.9. The Kier molecular flexibility index (Phi) is 5.75. The Bertz CT molecular complexity index is 529. The first-order valence-corrected chi connectivity index (χ1v) is 7.57. The number of guanidine groups is 1. The maximum atomic E-state index is 12.9. The van der Waals surface area contributed by atoms with Gasteiger partial charge in [0.25, 0.3) is 0 Å². The Morgan fingerprint density at radius 1 is 1.45 bits per heavy atom. The smallest absolute Gasteiger partial charge is 0.217 e. The van der Waals surface area contributed by atoms with Crippen molar-refractivity contribution < 1.29 is 9.18 Å². The largest absolute Gasteiger partial charge is 0.370 e. The Balaban J connectivity index is 1.90. The van der Waals surface area contributed by atoms with Crippen molar-refractivity contribution in [3.63, 3.8) is 0 Å². The second-order valence-corrected chi connectivity index (χ2v) is 5.65. The predicted octanol–water partition coefficient (Wildman–Crippen LogP) is 1.49. The topological polar surface area (TPSA) is 70.7 Å². The first kappa shape index (κ1) is 16.3. The molecule has 22 heavy (non-hydrogen) atoms. The maximum absolute atomic E-state index is 12.9. The number of carbonyl (C=O) groups excluding carboxylic acids is 1.